The molecular weight excluding hydrogens is 208 g/mol. The van der Waals surface area contributed by atoms with Crippen molar-refractivity contribution in [2.24, 2.45) is 5.41 Å². The molecular formula is C16H24O. The first kappa shape index (κ1) is 12.5. The number of rotatable bonds is 0. The standard InChI is InChI=1S/C16H24O/c1-15(2,3)11-7-8-12-13(16(4,5)6)10-17-14(12)9-11/h7-9,13H,10H2,1-6H3. The maximum atomic E-state index is 5.87. The summed E-state index contributed by atoms with van der Waals surface area (Å²) in [6.07, 6.45) is 0. The number of hydrogen-bond donors (Lipinski definition) is 0. The first-order chi connectivity index (χ1) is 7.69. The van der Waals surface area contributed by atoms with E-state index in [1.54, 1.807) is 0 Å². The molecule has 0 amide bonds. The third-order valence-corrected chi connectivity index (χ3v) is 3.71. The van der Waals surface area contributed by atoms with Gasteiger partial charge in [0.05, 0.1) is 6.61 Å². The molecule has 0 aromatic heterocycles. The lowest BCUT2D eigenvalue weighted by Crippen LogP contribution is -2.19. The topological polar surface area (TPSA) is 9.23 Å². The highest BCUT2D eigenvalue weighted by molar-refractivity contribution is 5.45. The van der Waals surface area contributed by atoms with Crippen LogP contribution < -0.4 is 4.74 Å². The van der Waals surface area contributed by atoms with Gasteiger partial charge in [0.2, 0.25) is 0 Å². The highest BCUT2D eigenvalue weighted by Crippen LogP contribution is 2.45. The van der Waals surface area contributed by atoms with Gasteiger partial charge in [-0.25, -0.2) is 0 Å². The van der Waals surface area contributed by atoms with E-state index in [1.165, 1.54) is 11.1 Å². The van der Waals surface area contributed by atoms with E-state index in [0.717, 1.165) is 12.4 Å². The molecule has 1 atom stereocenters. The van der Waals surface area contributed by atoms with Crippen molar-refractivity contribution in [2.45, 2.75) is 52.9 Å². The second-order valence-corrected chi connectivity index (χ2v) is 7.23. The first-order valence-corrected chi connectivity index (χ1v) is 6.47. The van der Waals surface area contributed by atoms with Gasteiger partial charge >= 0.3 is 0 Å². The van der Waals surface area contributed by atoms with Gasteiger partial charge in [0.1, 0.15) is 5.75 Å². The second kappa shape index (κ2) is 3.76. The molecule has 1 nitrogen and oxygen atoms in total. The minimum Gasteiger partial charge on any atom is -0.493 e. The van der Waals surface area contributed by atoms with Gasteiger partial charge in [0.15, 0.2) is 0 Å². The summed E-state index contributed by atoms with van der Waals surface area (Å²) in [5, 5.41) is 0. The monoisotopic (exact) mass is 232 g/mol. The smallest absolute Gasteiger partial charge is 0.123 e. The molecule has 1 aliphatic heterocycles. The highest BCUT2D eigenvalue weighted by Gasteiger charge is 2.34. The highest BCUT2D eigenvalue weighted by atomic mass is 16.5. The minimum atomic E-state index is 0.193. The Labute approximate surface area is 105 Å². The third-order valence-electron chi connectivity index (χ3n) is 3.71. The minimum absolute atomic E-state index is 0.193. The molecule has 0 N–H and O–H groups in total. The van der Waals surface area contributed by atoms with Crippen LogP contribution in [-0.4, -0.2) is 6.61 Å². The molecule has 0 bridgehead atoms. The molecule has 0 saturated carbocycles. The summed E-state index contributed by atoms with van der Waals surface area (Å²) in [6.45, 7) is 14.4. The Kier molecular flexibility index (Phi) is 2.76. The molecule has 17 heavy (non-hydrogen) atoms. The van der Waals surface area contributed by atoms with Gasteiger partial charge < -0.3 is 4.74 Å². The van der Waals surface area contributed by atoms with E-state index >= 15 is 0 Å². The Morgan fingerprint density at radius 2 is 1.71 bits per heavy atom. The summed E-state index contributed by atoms with van der Waals surface area (Å²) in [6, 6.07) is 6.74. The molecule has 0 radical (unpaired) electrons. The van der Waals surface area contributed by atoms with E-state index < -0.39 is 0 Å². The molecule has 1 aromatic carbocycles. The van der Waals surface area contributed by atoms with Crippen LogP contribution in [0, 0.1) is 5.41 Å². The van der Waals surface area contributed by atoms with Crippen molar-refractivity contribution < 1.29 is 4.74 Å². The molecule has 1 heteroatoms. The summed E-state index contributed by atoms with van der Waals surface area (Å²) < 4.78 is 5.87. The van der Waals surface area contributed by atoms with Gasteiger partial charge in [-0.1, -0.05) is 53.7 Å². The summed E-state index contributed by atoms with van der Waals surface area (Å²) in [5.74, 6) is 1.61. The van der Waals surface area contributed by atoms with E-state index in [9.17, 15) is 0 Å². The number of fused-ring (bicyclic) bond motifs is 1. The average Bonchev–Trinajstić information content (AvgIpc) is 2.57. The molecule has 2 rings (SSSR count). The fourth-order valence-corrected chi connectivity index (χ4v) is 2.39. The molecule has 0 aliphatic carbocycles. The molecule has 1 aliphatic rings. The third kappa shape index (κ3) is 2.34. The summed E-state index contributed by atoms with van der Waals surface area (Å²) >= 11 is 0. The van der Waals surface area contributed by atoms with Crippen LogP contribution in [-0.2, 0) is 5.41 Å². The van der Waals surface area contributed by atoms with Crippen LogP contribution >= 0.6 is 0 Å². The second-order valence-electron chi connectivity index (χ2n) is 7.23. The zero-order valence-corrected chi connectivity index (χ0v) is 11.9. The van der Waals surface area contributed by atoms with Crippen LogP contribution in [0.1, 0.15) is 58.6 Å². The molecule has 0 fully saturated rings. The van der Waals surface area contributed by atoms with Gasteiger partial charge in [-0.2, -0.15) is 0 Å². The lowest BCUT2D eigenvalue weighted by molar-refractivity contribution is 0.243. The van der Waals surface area contributed by atoms with Gasteiger partial charge in [0, 0.05) is 11.5 Å². The number of benzene rings is 1. The quantitative estimate of drug-likeness (QED) is 0.639. The number of ether oxygens (including phenoxy) is 1. The fourth-order valence-electron chi connectivity index (χ4n) is 2.39. The summed E-state index contributed by atoms with van der Waals surface area (Å²) in [4.78, 5) is 0. The van der Waals surface area contributed by atoms with Crippen molar-refractivity contribution in [3.05, 3.63) is 29.3 Å². The van der Waals surface area contributed by atoms with Gasteiger partial charge in [-0.15, -0.1) is 0 Å². The van der Waals surface area contributed by atoms with Crippen LogP contribution in [0.15, 0.2) is 18.2 Å². The molecule has 1 unspecified atom stereocenters. The summed E-state index contributed by atoms with van der Waals surface area (Å²) in [7, 11) is 0. The van der Waals surface area contributed by atoms with Gasteiger partial charge in [-0.3, -0.25) is 0 Å². The van der Waals surface area contributed by atoms with Crippen LogP contribution in [0.5, 0.6) is 5.75 Å². The largest absolute Gasteiger partial charge is 0.493 e. The van der Waals surface area contributed by atoms with Gasteiger partial charge in [-0.05, 0) is 22.5 Å². The van der Waals surface area contributed by atoms with E-state index in [0.29, 0.717) is 5.92 Å². The van der Waals surface area contributed by atoms with Crippen LogP contribution in [0.25, 0.3) is 0 Å². The summed E-state index contributed by atoms with van der Waals surface area (Å²) in [5.41, 5.74) is 3.20. The predicted octanol–water partition coefficient (Wildman–Crippen LogP) is 4.51. The van der Waals surface area contributed by atoms with Crippen LogP contribution in [0.3, 0.4) is 0 Å². The zero-order valence-electron chi connectivity index (χ0n) is 11.9. The van der Waals surface area contributed by atoms with Crippen molar-refractivity contribution in [1.82, 2.24) is 0 Å². The van der Waals surface area contributed by atoms with E-state index in [4.69, 9.17) is 4.74 Å². The molecule has 0 saturated heterocycles. The van der Waals surface area contributed by atoms with Crippen molar-refractivity contribution in [2.75, 3.05) is 6.61 Å². The van der Waals surface area contributed by atoms with Crippen molar-refractivity contribution in [3.8, 4) is 5.75 Å². The lowest BCUT2D eigenvalue weighted by Gasteiger charge is -2.26. The van der Waals surface area contributed by atoms with Crippen LogP contribution in [0.4, 0.5) is 0 Å². The zero-order chi connectivity index (χ0) is 12.8. The molecule has 0 spiro atoms. The maximum Gasteiger partial charge on any atom is 0.123 e. The Balaban J connectivity index is 2.39. The van der Waals surface area contributed by atoms with E-state index in [1.807, 2.05) is 0 Å². The fraction of sp³-hybridized carbons (Fsp3) is 0.625. The Hall–Kier alpha value is -0.980. The Morgan fingerprint density at radius 3 is 2.24 bits per heavy atom. The molecule has 1 heterocycles. The molecule has 1 aromatic rings. The Bertz CT molecular complexity index is 418. The van der Waals surface area contributed by atoms with Crippen molar-refractivity contribution in [3.63, 3.8) is 0 Å². The van der Waals surface area contributed by atoms with Crippen molar-refractivity contribution in [1.29, 1.82) is 0 Å². The van der Waals surface area contributed by atoms with E-state index in [2.05, 4.69) is 59.7 Å². The molecule has 94 valence electrons. The average molecular weight is 232 g/mol. The SMILES string of the molecule is CC(C)(C)c1ccc2c(c1)OCC2C(C)(C)C. The lowest BCUT2D eigenvalue weighted by atomic mass is 9.77. The normalized spacial score (nSPS) is 20.0. The first-order valence-electron chi connectivity index (χ1n) is 6.47. The number of hydrogen-bond acceptors (Lipinski definition) is 1. The van der Waals surface area contributed by atoms with E-state index in [-0.39, 0.29) is 10.8 Å². The maximum absolute atomic E-state index is 5.87. The van der Waals surface area contributed by atoms with Gasteiger partial charge in [0.25, 0.3) is 0 Å². The van der Waals surface area contributed by atoms with Crippen LogP contribution in [0.2, 0.25) is 0 Å². The Morgan fingerprint density at radius 1 is 1.06 bits per heavy atom. The predicted molar refractivity (Wildman–Crippen MR) is 72.8 cm³/mol. The van der Waals surface area contributed by atoms with Crippen molar-refractivity contribution >= 4 is 0 Å².